The van der Waals surface area contributed by atoms with E-state index in [1.165, 1.54) is 38.5 Å². The van der Waals surface area contributed by atoms with Gasteiger partial charge in [-0.05, 0) is 58.3 Å². The first-order valence-electron chi connectivity index (χ1n) is 7.71. The quantitative estimate of drug-likeness (QED) is 0.738. The second kappa shape index (κ2) is 6.91. The monoisotopic (exact) mass is 255 g/mol. The molecule has 0 spiro atoms. The van der Waals surface area contributed by atoms with Crippen LogP contribution >= 0.6 is 0 Å². The smallest absolute Gasteiger partial charge is 0.0576 e. The first kappa shape index (κ1) is 16.0. The highest BCUT2D eigenvalue weighted by atomic mass is 16.5. The summed E-state index contributed by atoms with van der Waals surface area (Å²) in [5.74, 6) is 0. The van der Waals surface area contributed by atoms with Gasteiger partial charge in [0.05, 0.1) is 6.10 Å². The van der Waals surface area contributed by atoms with Crippen LogP contribution in [-0.2, 0) is 4.74 Å². The Hall–Kier alpha value is -0.0800. The fourth-order valence-electron chi connectivity index (χ4n) is 2.50. The zero-order valence-corrected chi connectivity index (χ0v) is 13.1. The predicted molar refractivity (Wildman–Crippen MR) is 79.0 cm³/mol. The van der Waals surface area contributed by atoms with E-state index in [1.807, 2.05) is 0 Å². The third-order valence-electron chi connectivity index (χ3n) is 4.23. The summed E-state index contributed by atoms with van der Waals surface area (Å²) < 4.78 is 5.70. The van der Waals surface area contributed by atoms with Crippen LogP contribution < -0.4 is 5.32 Å². The van der Waals surface area contributed by atoms with Gasteiger partial charge < -0.3 is 10.1 Å². The summed E-state index contributed by atoms with van der Waals surface area (Å²) in [6.07, 6.45) is 8.23. The summed E-state index contributed by atoms with van der Waals surface area (Å²) >= 11 is 0. The third-order valence-corrected chi connectivity index (χ3v) is 4.23. The number of rotatable bonds is 7. The Labute approximate surface area is 114 Å². The van der Waals surface area contributed by atoms with Gasteiger partial charge in [-0.3, -0.25) is 0 Å². The SMILES string of the molecule is CCC(C)(CCCC1CCCO1)CNC(C)(C)C. The van der Waals surface area contributed by atoms with Crippen LogP contribution in [0, 0.1) is 5.41 Å². The van der Waals surface area contributed by atoms with Gasteiger partial charge in [0.1, 0.15) is 0 Å². The highest BCUT2D eigenvalue weighted by molar-refractivity contribution is 4.81. The second-order valence-electron chi connectivity index (χ2n) is 7.30. The molecule has 1 fully saturated rings. The molecule has 2 nitrogen and oxygen atoms in total. The van der Waals surface area contributed by atoms with Crippen molar-refractivity contribution in [3.8, 4) is 0 Å². The number of hydrogen-bond donors (Lipinski definition) is 1. The molecule has 18 heavy (non-hydrogen) atoms. The average molecular weight is 255 g/mol. The molecule has 0 aliphatic carbocycles. The van der Waals surface area contributed by atoms with Crippen LogP contribution in [0.3, 0.4) is 0 Å². The van der Waals surface area contributed by atoms with Crippen LogP contribution in [-0.4, -0.2) is 24.8 Å². The Bertz CT molecular complexity index is 228. The molecule has 1 N–H and O–H groups in total. The molecule has 0 bridgehead atoms. The fraction of sp³-hybridized carbons (Fsp3) is 1.00. The minimum atomic E-state index is 0.227. The van der Waals surface area contributed by atoms with Gasteiger partial charge in [0.15, 0.2) is 0 Å². The Morgan fingerprint density at radius 1 is 1.22 bits per heavy atom. The van der Waals surface area contributed by atoms with Crippen LogP contribution in [0.4, 0.5) is 0 Å². The summed E-state index contributed by atoms with van der Waals surface area (Å²) in [6.45, 7) is 13.6. The summed E-state index contributed by atoms with van der Waals surface area (Å²) in [5, 5.41) is 3.66. The first-order valence-corrected chi connectivity index (χ1v) is 7.71. The van der Waals surface area contributed by atoms with E-state index in [-0.39, 0.29) is 5.54 Å². The molecule has 1 heterocycles. The molecule has 1 rings (SSSR count). The molecule has 1 aliphatic rings. The van der Waals surface area contributed by atoms with Gasteiger partial charge in [0.25, 0.3) is 0 Å². The lowest BCUT2D eigenvalue weighted by atomic mass is 9.81. The van der Waals surface area contributed by atoms with Crippen molar-refractivity contribution >= 4 is 0 Å². The number of hydrogen-bond acceptors (Lipinski definition) is 2. The van der Waals surface area contributed by atoms with E-state index in [0.717, 1.165) is 13.2 Å². The van der Waals surface area contributed by atoms with Crippen LogP contribution in [0.5, 0.6) is 0 Å². The molecule has 0 amide bonds. The summed E-state index contributed by atoms with van der Waals surface area (Å²) in [6, 6.07) is 0. The largest absolute Gasteiger partial charge is 0.378 e. The van der Waals surface area contributed by atoms with Crippen LogP contribution in [0.1, 0.15) is 73.1 Å². The Balaban J connectivity index is 2.25. The van der Waals surface area contributed by atoms with Crippen molar-refractivity contribution in [1.29, 1.82) is 0 Å². The minimum absolute atomic E-state index is 0.227. The van der Waals surface area contributed by atoms with Crippen molar-refractivity contribution in [2.75, 3.05) is 13.2 Å². The van der Waals surface area contributed by atoms with E-state index in [9.17, 15) is 0 Å². The molecule has 2 atom stereocenters. The molecule has 0 radical (unpaired) electrons. The average Bonchev–Trinajstić information content (AvgIpc) is 2.79. The molecule has 108 valence electrons. The summed E-state index contributed by atoms with van der Waals surface area (Å²) in [5.41, 5.74) is 0.664. The van der Waals surface area contributed by atoms with Gasteiger partial charge in [-0.2, -0.15) is 0 Å². The zero-order chi connectivity index (χ0) is 13.6. The Morgan fingerprint density at radius 2 is 1.94 bits per heavy atom. The predicted octanol–water partition coefficient (Wildman–Crippen LogP) is 4.14. The third kappa shape index (κ3) is 6.19. The standard InChI is InChI=1S/C16H33NO/c1-6-16(5,13-17-15(2,3)4)11-7-9-14-10-8-12-18-14/h14,17H,6-13H2,1-5H3. The van der Waals surface area contributed by atoms with Gasteiger partial charge in [0, 0.05) is 18.7 Å². The lowest BCUT2D eigenvalue weighted by Gasteiger charge is -2.33. The fourth-order valence-corrected chi connectivity index (χ4v) is 2.50. The normalized spacial score (nSPS) is 24.2. The van der Waals surface area contributed by atoms with Crippen LogP contribution in [0.15, 0.2) is 0 Å². The molecule has 2 unspecified atom stereocenters. The molecule has 0 aromatic heterocycles. The van der Waals surface area contributed by atoms with Crippen molar-refractivity contribution in [1.82, 2.24) is 5.32 Å². The Kier molecular flexibility index (Phi) is 6.13. The summed E-state index contributed by atoms with van der Waals surface area (Å²) in [4.78, 5) is 0. The van der Waals surface area contributed by atoms with Crippen LogP contribution in [0.25, 0.3) is 0 Å². The molecule has 1 aliphatic heterocycles. The molecular weight excluding hydrogens is 222 g/mol. The maximum atomic E-state index is 5.70. The molecule has 1 saturated heterocycles. The lowest BCUT2D eigenvalue weighted by Crippen LogP contribution is -2.42. The Morgan fingerprint density at radius 3 is 2.44 bits per heavy atom. The van der Waals surface area contributed by atoms with E-state index >= 15 is 0 Å². The maximum Gasteiger partial charge on any atom is 0.0576 e. The second-order valence-corrected chi connectivity index (χ2v) is 7.30. The lowest BCUT2D eigenvalue weighted by molar-refractivity contribution is 0.0971. The van der Waals surface area contributed by atoms with Gasteiger partial charge in [-0.15, -0.1) is 0 Å². The van der Waals surface area contributed by atoms with E-state index in [1.54, 1.807) is 0 Å². The highest BCUT2D eigenvalue weighted by Gasteiger charge is 2.25. The molecule has 0 saturated carbocycles. The van der Waals surface area contributed by atoms with Crippen molar-refractivity contribution in [2.24, 2.45) is 5.41 Å². The highest BCUT2D eigenvalue weighted by Crippen LogP contribution is 2.29. The van der Waals surface area contributed by atoms with E-state index in [0.29, 0.717) is 11.5 Å². The molecule has 0 aromatic rings. The molecule has 0 aromatic carbocycles. The van der Waals surface area contributed by atoms with Gasteiger partial charge >= 0.3 is 0 Å². The van der Waals surface area contributed by atoms with Crippen molar-refractivity contribution < 1.29 is 4.74 Å². The van der Waals surface area contributed by atoms with E-state index < -0.39 is 0 Å². The van der Waals surface area contributed by atoms with Gasteiger partial charge in [0.2, 0.25) is 0 Å². The zero-order valence-electron chi connectivity index (χ0n) is 13.1. The summed E-state index contributed by atoms with van der Waals surface area (Å²) in [7, 11) is 0. The molecular formula is C16H33NO. The number of nitrogens with one attached hydrogen (secondary N) is 1. The number of ether oxygens (including phenoxy) is 1. The first-order chi connectivity index (χ1) is 8.35. The van der Waals surface area contributed by atoms with E-state index in [2.05, 4.69) is 39.9 Å². The molecule has 2 heteroatoms. The van der Waals surface area contributed by atoms with Gasteiger partial charge in [-0.25, -0.2) is 0 Å². The van der Waals surface area contributed by atoms with Crippen molar-refractivity contribution in [2.45, 2.75) is 84.8 Å². The topological polar surface area (TPSA) is 21.3 Å². The van der Waals surface area contributed by atoms with Crippen molar-refractivity contribution in [3.05, 3.63) is 0 Å². The minimum Gasteiger partial charge on any atom is -0.378 e. The van der Waals surface area contributed by atoms with Crippen molar-refractivity contribution in [3.63, 3.8) is 0 Å². The maximum absolute atomic E-state index is 5.70. The van der Waals surface area contributed by atoms with Gasteiger partial charge in [-0.1, -0.05) is 20.3 Å². The van der Waals surface area contributed by atoms with Crippen LogP contribution in [0.2, 0.25) is 0 Å². The van der Waals surface area contributed by atoms with E-state index in [4.69, 9.17) is 4.74 Å².